The molecule has 0 radical (unpaired) electrons. The molecule has 2 heterocycles. The fourth-order valence-corrected chi connectivity index (χ4v) is 3.76. The Bertz CT molecular complexity index is 344. The molecule has 0 N–H and O–H groups in total. The minimum absolute atomic E-state index is 0.155. The second kappa shape index (κ2) is 7.34. The minimum Gasteiger partial charge on any atom is -0.771 e. The average molecular weight is 284 g/mol. The summed E-state index contributed by atoms with van der Waals surface area (Å²) < 4.78 is 22.9. The largest absolute Gasteiger partial charge is 0.771 e. The standard InChI is InChI=1S/C13H23N3O2S/c14-10-12-4-8-15(9-5-12)11-13(19(17)18)16-6-2-1-3-7-16/h12-13H,1-9,11H2,(H,17,18)/p-1. The fraction of sp³-hybridized carbons (Fsp3) is 0.923. The van der Waals surface area contributed by atoms with Crippen LogP contribution in [0.4, 0.5) is 0 Å². The fourth-order valence-electron chi connectivity index (χ4n) is 2.97. The Hall–Kier alpha value is -0.480. The van der Waals surface area contributed by atoms with Crippen molar-refractivity contribution in [2.24, 2.45) is 5.92 Å². The van der Waals surface area contributed by atoms with Gasteiger partial charge in [0.2, 0.25) is 0 Å². The normalized spacial score (nSPS) is 26.7. The Morgan fingerprint density at radius 2 is 1.84 bits per heavy atom. The van der Waals surface area contributed by atoms with Crippen LogP contribution in [0.3, 0.4) is 0 Å². The third-order valence-electron chi connectivity index (χ3n) is 4.20. The first-order chi connectivity index (χ1) is 9.20. The summed E-state index contributed by atoms with van der Waals surface area (Å²) in [5.41, 5.74) is 0. The van der Waals surface area contributed by atoms with Crippen LogP contribution in [0.1, 0.15) is 32.1 Å². The summed E-state index contributed by atoms with van der Waals surface area (Å²) in [5, 5.41) is 8.50. The lowest BCUT2D eigenvalue weighted by Gasteiger charge is -2.39. The molecule has 0 amide bonds. The smallest absolute Gasteiger partial charge is 0.0855 e. The van der Waals surface area contributed by atoms with Gasteiger partial charge in [-0.15, -0.1) is 0 Å². The van der Waals surface area contributed by atoms with Crippen LogP contribution in [0.25, 0.3) is 0 Å². The number of piperidine rings is 2. The molecule has 108 valence electrons. The van der Waals surface area contributed by atoms with Crippen molar-refractivity contribution < 1.29 is 8.76 Å². The maximum atomic E-state index is 11.5. The van der Waals surface area contributed by atoms with E-state index >= 15 is 0 Å². The number of nitriles is 1. The zero-order chi connectivity index (χ0) is 13.7. The molecule has 6 heteroatoms. The molecule has 0 spiro atoms. The van der Waals surface area contributed by atoms with Gasteiger partial charge in [0.1, 0.15) is 0 Å². The van der Waals surface area contributed by atoms with Crippen molar-refractivity contribution in [2.45, 2.75) is 37.5 Å². The van der Waals surface area contributed by atoms with Crippen LogP contribution in [0.5, 0.6) is 0 Å². The van der Waals surface area contributed by atoms with Crippen LogP contribution >= 0.6 is 0 Å². The molecule has 2 atom stereocenters. The van der Waals surface area contributed by atoms with E-state index in [-0.39, 0.29) is 11.3 Å². The van der Waals surface area contributed by atoms with Crippen LogP contribution in [0, 0.1) is 17.2 Å². The summed E-state index contributed by atoms with van der Waals surface area (Å²) in [7, 11) is 0. The predicted octanol–water partition coefficient (Wildman–Crippen LogP) is 0.913. The summed E-state index contributed by atoms with van der Waals surface area (Å²) in [6, 6.07) is 2.31. The minimum atomic E-state index is -2.04. The van der Waals surface area contributed by atoms with Crippen LogP contribution in [0.15, 0.2) is 0 Å². The zero-order valence-corrected chi connectivity index (χ0v) is 12.1. The SMILES string of the molecule is N#CC1CCN(CC(N2CCCCC2)S(=O)[O-])CC1. The van der Waals surface area contributed by atoms with Crippen LogP contribution in [0.2, 0.25) is 0 Å². The van der Waals surface area contributed by atoms with Crippen molar-refractivity contribution >= 4 is 11.1 Å². The predicted molar refractivity (Wildman–Crippen MR) is 72.9 cm³/mol. The molecule has 0 aromatic rings. The third kappa shape index (κ3) is 4.25. The second-order valence-corrected chi connectivity index (χ2v) is 6.58. The first kappa shape index (κ1) is 14.9. The molecule has 0 bridgehead atoms. The van der Waals surface area contributed by atoms with Gasteiger partial charge < -0.3 is 9.45 Å². The van der Waals surface area contributed by atoms with E-state index in [0.717, 1.165) is 51.9 Å². The molecule has 2 unspecified atom stereocenters. The first-order valence-corrected chi connectivity index (χ1v) is 8.28. The van der Waals surface area contributed by atoms with Gasteiger partial charge in [-0.1, -0.05) is 6.42 Å². The van der Waals surface area contributed by atoms with Crippen LogP contribution in [-0.4, -0.2) is 56.7 Å². The molecule has 0 aromatic carbocycles. The zero-order valence-electron chi connectivity index (χ0n) is 11.3. The molecule has 2 saturated heterocycles. The molecule has 2 aliphatic heterocycles. The lowest BCUT2D eigenvalue weighted by Crippen LogP contribution is -2.49. The average Bonchev–Trinajstić information content (AvgIpc) is 2.46. The van der Waals surface area contributed by atoms with Gasteiger partial charge in [-0.2, -0.15) is 5.26 Å². The lowest BCUT2D eigenvalue weighted by atomic mass is 9.99. The molecule has 0 aliphatic carbocycles. The number of nitrogens with zero attached hydrogens (tertiary/aromatic N) is 3. The summed E-state index contributed by atoms with van der Waals surface area (Å²) >= 11 is -2.04. The Morgan fingerprint density at radius 1 is 1.21 bits per heavy atom. The quantitative estimate of drug-likeness (QED) is 0.718. The number of likely N-dealkylation sites (tertiary alicyclic amines) is 2. The van der Waals surface area contributed by atoms with Crippen molar-refractivity contribution in [2.75, 3.05) is 32.7 Å². The van der Waals surface area contributed by atoms with Gasteiger partial charge in [-0.3, -0.25) is 9.11 Å². The van der Waals surface area contributed by atoms with E-state index in [2.05, 4.69) is 15.9 Å². The van der Waals surface area contributed by atoms with Gasteiger partial charge in [0.05, 0.1) is 11.4 Å². The highest BCUT2D eigenvalue weighted by molar-refractivity contribution is 7.79. The third-order valence-corrected chi connectivity index (χ3v) is 5.10. The van der Waals surface area contributed by atoms with Crippen molar-refractivity contribution in [1.82, 2.24) is 9.80 Å². The van der Waals surface area contributed by atoms with E-state index in [1.54, 1.807) is 0 Å². The second-order valence-electron chi connectivity index (χ2n) is 5.52. The molecule has 0 aromatic heterocycles. The van der Waals surface area contributed by atoms with Crippen molar-refractivity contribution in [3.05, 3.63) is 0 Å². The van der Waals surface area contributed by atoms with E-state index in [9.17, 15) is 8.76 Å². The Kier molecular flexibility index (Phi) is 5.76. The summed E-state index contributed by atoms with van der Waals surface area (Å²) in [5.74, 6) is 0.155. The monoisotopic (exact) mass is 284 g/mol. The van der Waals surface area contributed by atoms with Crippen molar-refractivity contribution in [1.29, 1.82) is 5.26 Å². The van der Waals surface area contributed by atoms with E-state index in [4.69, 9.17) is 5.26 Å². The molecule has 2 fully saturated rings. The summed E-state index contributed by atoms with van der Waals surface area (Å²) in [6.45, 7) is 4.08. The van der Waals surface area contributed by atoms with Crippen molar-refractivity contribution in [3.8, 4) is 6.07 Å². The topological polar surface area (TPSA) is 70.4 Å². The van der Waals surface area contributed by atoms with E-state index in [0.29, 0.717) is 6.54 Å². The molecular weight excluding hydrogens is 262 g/mol. The molecule has 2 aliphatic rings. The van der Waals surface area contributed by atoms with Gasteiger partial charge in [0.15, 0.2) is 0 Å². The molecule has 5 nitrogen and oxygen atoms in total. The summed E-state index contributed by atoms with van der Waals surface area (Å²) in [4.78, 5) is 4.30. The molecule has 2 rings (SSSR count). The number of rotatable bonds is 4. The lowest BCUT2D eigenvalue weighted by molar-refractivity contribution is 0.136. The Balaban J connectivity index is 1.87. The Labute approximate surface area is 117 Å². The van der Waals surface area contributed by atoms with E-state index in [1.165, 1.54) is 6.42 Å². The number of hydrogen-bond acceptors (Lipinski definition) is 5. The Morgan fingerprint density at radius 3 is 2.37 bits per heavy atom. The van der Waals surface area contributed by atoms with E-state index in [1.807, 2.05) is 0 Å². The van der Waals surface area contributed by atoms with Gasteiger partial charge in [-0.05, 0) is 62.9 Å². The molecule has 19 heavy (non-hydrogen) atoms. The van der Waals surface area contributed by atoms with Crippen LogP contribution < -0.4 is 0 Å². The maximum Gasteiger partial charge on any atom is 0.0855 e. The highest BCUT2D eigenvalue weighted by Gasteiger charge is 2.26. The maximum absolute atomic E-state index is 11.5. The van der Waals surface area contributed by atoms with Gasteiger partial charge >= 0.3 is 0 Å². The highest BCUT2D eigenvalue weighted by Crippen LogP contribution is 2.19. The van der Waals surface area contributed by atoms with E-state index < -0.39 is 11.1 Å². The van der Waals surface area contributed by atoms with Gasteiger partial charge in [0, 0.05) is 12.5 Å². The van der Waals surface area contributed by atoms with Gasteiger partial charge in [-0.25, -0.2) is 0 Å². The highest BCUT2D eigenvalue weighted by atomic mass is 32.2. The van der Waals surface area contributed by atoms with Crippen LogP contribution in [-0.2, 0) is 11.1 Å². The van der Waals surface area contributed by atoms with Gasteiger partial charge in [0.25, 0.3) is 0 Å². The van der Waals surface area contributed by atoms with Crippen molar-refractivity contribution in [3.63, 3.8) is 0 Å². The number of hydrogen-bond donors (Lipinski definition) is 0. The first-order valence-electron chi connectivity index (χ1n) is 7.15. The molecule has 0 saturated carbocycles. The molecular formula is C13H22N3O2S-. The summed E-state index contributed by atoms with van der Waals surface area (Å²) in [6.07, 6.45) is 5.15.